The molecule has 148 valence electrons. The van der Waals surface area contributed by atoms with Crippen LogP contribution < -0.4 is 15.8 Å². The molecule has 2 N–H and O–H groups in total. The zero-order valence-electron chi connectivity index (χ0n) is 16.0. The van der Waals surface area contributed by atoms with E-state index in [1.54, 1.807) is 29.2 Å². The first kappa shape index (κ1) is 19.9. The van der Waals surface area contributed by atoms with Crippen LogP contribution in [0.5, 0.6) is 0 Å². The average molecular weight is 401 g/mol. The number of carbonyl (C=O) groups is 3. The van der Waals surface area contributed by atoms with Gasteiger partial charge in [-0.15, -0.1) is 11.3 Å². The number of benzene rings is 1. The van der Waals surface area contributed by atoms with E-state index >= 15 is 0 Å². The summed E-state index contributed by atoms with van der Waals surface area (Å²) in [4.78, 5) is 41.6. The number of amides is 3. The van der Waals surface area contributed by atoms with Crippen LogP contribution >= 0.6 is 11.3 Å². The molecule has 3 rings (SSSR count). The van der Waals surface area contributed by atoms with Gasteiger partial charge in [0.15, 0.2) is 0 Å². The summed E-state index contributed by atoms with van der Waals surface area (Å²) >= 11 is 1.40. The maximum atomic E-state index is 12.5. The van der Waals surface area contributed by atoms with Gasteiger partial charge in [0.1, 0.15) is 0 Å². The van der Waals surface area contributed by atoms with Gasteiger partial charge in [0, 0.05) is 38.4 Å². The van der Waals surface area contributed by atoms with Crippen LogP contribution in [0.15, 0.2) is 41.8 Å². The van der Waals surface area contributed by atoms with E-state index in [0.29, 0.717) is 30.0 Å². The van der Waals surface area contributed by atoms with Crippen molar-refractivity contribution in [3.05, 3.63) is 52.2 Å². The molecular formula is C20H24N4O3S. The lowest BCUT2D eigenvalue weighted by molar-refractivity contribution is -0.127. The van der Waals surface area contributed by atoms with E-state index in [1.165, 1.54) is 11.3 Å². The summed E-state index contributed by atoms with van der Waals surface area (Å²) in [6.45, 7) is 0.999. The Balaban J connectivity index is 1.55. The third kappa shape index (κ3) is 4.69. The molecule has 8 heteroatoms. The van der Waals surface area contributed by atoms with Crippen LogP contribution in [0, 0.1) is 5.92 Å². The molecule has 0 radical (unpaired) electrons. The highest BCUT2D eigenvalue weighted by atomic mass is 32.1. The van der Waals surface area contributed by atoms with Crippen LogP contribution in [-0.4, -0.2) is 49.8 Å². The van der Waals surface area contributed by atoms with Gasteiger partial charge in [-0.3, -0.25) is 25.2 Å². The van der Waals surface area contributed by atoms with Crippen molar-refractivity contribution in [2.45, 2.75) is 12.8 Å². The zero-order valence-corrected chi connectivity index (χ0v) is 16.8. The predicted molar refractivity (Wildman–Crippen MR) is 109 cm³/mol. The van der Waals surface area contributed by atoms with Crippen molar-refractivity contribution >= 4 is 34.7 Å². The topological polar surface area (TPSA) is 81.8 Å². The van der Waals surface area contributed by atoms with E-state index in [1.807, 2.05) is 36.5 Å². The second-order valence-corrected chi connectivity index (χ2v) is 7.90. The molecule has 0 saturated carbocycles. The third-order valence-electron chi connectivity index (χ3n) is 4.74. The standard InChI is InChI=1S/C20H24N4O3S/c1-23(2)16-8-3-6-14(12-16)18(25)21-22-19(26)15-7-4-10-24(13-15)20(27)17-9-5-11-28-17/h3,5-6,8-9,11-12,15H,4,7,10,13H2,1-2H3,(H,21,25)(H,22,26). The Labute approximate surface area is 168 Å². The lowest BCUT2D eigenvalue weighted by atomic mass is 9.97. The average Bonchev–Trinajstić information content (AvgIpc) is 3.26. The summed E-state index contributed by atoms with van der Waals surface area (Å²) in [6, 6.07) is 10.8. The fourth-order valence-electron chi connectivity index (χ4n) is 3.15. The summed E-state index contributed by atoms with van der Waals surface area (Å²) in [5.41, 5.74) is 6.34. The van der Waals surface area contributed by atoms with Gasteiger partial charge in [-0.25, -0.2) is 0 Å². The van der Waals surface area contributed by atoms with Gasteiger partial charge < -0.3 is 9.80 Å². The van der Waals surface area contributed by atoms with Crippen LogP contribution in [-0.2, 0) is 4.79 Å². The first-order valence-corrected chi connectivity index (χ1v) is 10.0. The monoisotopic (exact) mass is 400 g/mol. The molecule has 1 atom stereocenters. The Morgan fingerprint density at radius 3 is 2.68 bits per heavy atom. The van der Waals surface area contributed by atoms with E-state index in [0.717, 1.165) is 12.1 Å². The SMILES string of the molecule is CN(C)c1cccc(C(=O)NNC(=O)C2CCCN(C(=O)c3cccs3)C2)c1. The number of nitrogens with zero attached hydrogens (tertiary/aromatic N) is 2. The first-order chi connectivity index (χ1) is 13.5. The first-order valence-electron chi connectivity index (χ1n) is 9.16. The number of nitrogens with one attached hydrogen (secondary N) is 2. The quantitative estimate of drug-likeness (QED) is 0.771. The molecule has 1 aliphatic heterocycles. The molecular weight excluding hydrogens is 376 g/mol. The molecule has 28 heavy (non-hydrogen) atoms. The van der Waals surface area contributed by atoms with Gasteiger partial charge in [0.25, 0.3) is 11.8 Å². The maximum Gasteiger partial charge on any atom is 0.269 e. The van der Waals surface area contributed by atoms with E-state index in [-0.39, 0.29) is 23.6 Å². The van der Waals surface area contributed by atoms with Crippen molar-refractivity contribution in [3.8, 4) is 0 Å². The molecule has 2 aromatic rings. The number of hydrazine groups is 1. The minimum absolute atomic E-state index is 0.0444. The van der Waals surface area contributed by atoms with Crippen molar-refractivity contribution in [2.75, 3.05) is 32.1 Å². The normalized spacial score (nSPS) is 16.4. The second-order valence-electron chi connectivity index (χ2n) is 6.96. The van der Waals surface area contributed by atoms with Gasteiger partial charge >= 0.3 is 0 Å². The third-order valence-corrected chi connectivity index (χ3v) is 5.59. The highest BCUT2D eigenvalue weighted by Crippen LogP contribution is 2.20. The van der Waals surface area contributed by atoms with Crippen LogP contribution in [0.25, 0.3) is 0 Å². The van der Waals surface area contributed by atoms with Crippen molar-refractivity contribution in [1.82, 2.24) is 15.8 Å². The Morgan fingerprint density at radius 2 is 1.96 bits per heavy atom. The molecule has 2 heterocycles. The Morgan fingerprint density at radius 1 is 1.14 bits per heavy atom. The van der Waals surface area contributed by atoms with Gasteiger partial charge in [0.05, 0.1) is 10.8 Å². The fourth-order valence-corrected chi connectivity index (χ4v) is 3.84. The minimum atomic E-state index is -0.376. The molecule has 3 amide bonds. The molecule has 1 aliphatic rings. The molecule has 0 spiro atoms. The highest BCUT2D eigenvalue weighted by Gasteiger charge is 2.29. The number of anilines is 1. The number of carbonyl (C=O) groups excluding carboxylic acids is 3. The summed E-state index contributed by atoms with van der Waals surface area (Å²) in [6.07, 6.45) is 1.44. The second kappa shape index (κ2) is 8.88. The molecule has 7 nitrogen and oxygen atoms in total. The van der Waals surface area contributed by atoms with Crippen LogP contribution in [0.1, 0.15) is 32.9 Å². The van der Waals surface area contributed by atoms with E-state index < -0.39 is 0 Å². The van der Waals surface area contributed by atoms with Crippen molar-refractivity contribution in [2.24, 2.45) is 5.92 Å². The highest BCUT2D eigenvalue weighted by molar-refractivity contribution is 7.12. The number of piperidine rings is 1. The van der Waals surface area contributed by atoms with E-state index in [4.69, 9.17) is 0 Å². The lowest BCUT2D eigenvalue weighted by Crippen LogP contribution is -2.50. The van der Waals surface area contributed by atoms with Gasteiger partial charge in [-0.2, -0.15) is 0 Å². The number of hydrogen-bond acceptors (Lipinski definition) is 5. The maximum absolute atomic E-state index is 12.5. The zero-order chi connectivity index (χ0) is 20.1. The van der Waals surface area contributed by atoms with Crippen molar-refractivity contribution < 1.29 is 14.4 Å². The summed E-state index contributed by atoms with van der Waals surface area (Å²) < 4.78 is 0. The Hall–Kier alpha value is -2.87. The Kier molecular flexibility index (Phi) is 6.30. The van der Waals surface area contributed by atoms with Gasteiger partial charge in [-0.05, 0) is 42.5 Å². The van der Waals surface area contributed by atoms with Gasteiger partial charge in [-0.1, -0.05) is 12.1 Å². The molecule has 1 aromatic heterocycles. The number of hydrogen-bond donors (Lipinski definition) is 2. The lowest BCUT2D eigenvalue weighted by Gasteiger charge is -2.31. The summed E-state index contributed by atoms with van der Waals surface area (Å²) in [5, 5.41) is 1.86. The molecule has 1 aromatic carbocycles. The van der Waals surface area contributed by atoms with Crippen molar-refractivity contribution in [3.63, 3.8) is 0 Å². The molecule has 1 unspecified atom stereocenters. The van der Waals surface area contributed by atoms with Crippen LogP contribution in [0.4, 0.5) is 5.69 Å². The van der Waals surface area contributed by atoms with Crippen molar-refractivity contribution in [1.29, 1.82) is 0 Å². The van der Waals surface area contributed by atoms with E-state index in [9.17, 15) is 14.4 Å². The number of thiophene rings is 1. The smallest absolute Gasteiger partial charge is 0.269 e. The minimum Gasteiger partial charge on any atom is -0.378 e. The molecule has 1 saturated heterocycles. The van der Waals surface area contributed by atoms with Gasteiger partial charge in [0.2, 0.25) is 5.91 Å². The number of likely N-dealkylation sites (tertiary alicyclic amines) is 1. The summed E-state index contributed by atoms with van der Waals surface area (Å²) in [5.74, 6) is -1.04. The molecule has 1 fully saturated rings. The predicted octanol–water partition coefficient (Wildman–Crippen LogP) is 2.13. The van der Waals surface area contributed by atoms with E-state index in [2.05, 4.69) is 10.9 Å². The largest absolute Gasteiger partial charge is 0.378 e. The molecule has 0 bridgehead atoms. The fraction of sp³-hybridized carbons (Fsp3) is 0.350. The summed E-state index contributed by atoms with van der Waals surface area (Å²) in [7, 11) is 3.79. The molecule has 0 aliphatic carbocycles. The van der Waals surface area contributed by atoms with Crippen LogP contribution in [0.3, 0.4) is 0 Å². The van der Waals surface area contributed by atoms with Crippen LogP contribution in [0.2, 0.25) is 0 Å². The Bertz CT molecular complexity index is 851. The number of rotatable bonds is 4.